The molecule has 0 radical (unpaired) electrons. The number of nitrogen functional groups attached to an aromatic ring is 1. The summed E-state index contributed by atoms with van der Waals surface area (Å²) in [6.45, 7) is 0.0937. The maximum absolute atomic E-state index is 9.32. The maximum atomic E-state index is 9.32. The van der Waals surface area contributed by atoms with E-state index >= 15 is 0 Å². The highest BCUT2D eigenvalue weighted by Crippen LogP contribution is 2.15. The van der Waals surface area contributed by atoms with Crippen LogP contribution in [0.4, 0.5) is 5.82 Å². The first-order chi connectivity index (χ1) is 6.19. The molecule has 0 saturated heterocycles. The third kappa shape index (κ3) is 1.93. The van der Waals surface area contributed by atoms with E-state index in [0.717, 1.165) is 0 Å². The van der Waals surface area contributed by atoms with E-state index in [1.54, 1.807) is 0 Å². The number of nitrogens with zero attached hydrogens (tertiary/aromatic N) is 2. The summed E-state index contributed by atoms with van der Waals surface area (Å²) in [5.41, 5.74) is 11.4. The van der Waals surface area contributed by atoms with E-state index in [1.165, 1.54) is 12.3 Å². The Bertz CT molecular complexity index is 344. The van der Waals surface area contributed by atoms with Crippen molar-refractivity contribution in [3.8, 4) is 6.07 Å². The van der Waals surface area contributed by atoms with E-state index in [2.05, 4.69) is 4.98 Å². The second-order valence-electron chi connectivity index (χ2n) is 2.56. The predicted molar refractivity (Wildman–Crippen MR) is 47.4 cm³/mol. The summed E-state index contributed by atoms with van der Waals surface area (Å²) in [7, 11) is 0. The van der Waals surface area contributed by atoms with Crippen molar-refractivity contribution in [2.75, 3.05) is 12.3 Å². The van der Waals surface area contributed by atoms with Crippen molar-refractivity contribution in [2.45, 2.75) is 6.10 Å². The predicted octanol–water partition coefficient (Wildman–Crippen LogP) is -0.472. The van der Waals surface area contributed by atoms with Crippen LogP contribution in [0.25, 0.3) is 0 Å². The standard InChI is InChI=1S/C8H10N4O/c9-2-5-1-6(7(13)3-10)4-12-8(5)11/h1,4,7,13H,3,10H2,(H2,11,12). The summed E-state index contributed by atoms with van der Waals surface area (Å²) in [5, 5.41) is 17.9. The molecule has 0 bridgehead atoms. The van der Waals surface area contributed by atoms with Crippen molar-refractivity contribution in [1.29, 1.82) is 5.26 Å². The van der Waals surface area contributed by atoms with Crippen LogP contribution >= 0.6 is 0 Å². The van der Waals surface area contributed by atoms with Gasteiger partial charge in [0, 0.05) is 18.3 Å². The Labute approximate surface area is 75.6 Å². The number of pyridine rings is 1. The number of aliphatic hydroxyl groups is 1. The molecular weight excluding hydrogens is 168 g/mol. The van der Waals surface area contributed by atoms with Gasteiger partial charge in [-0.1, -0.05) is 0 Å². The highest BCUT2D eigenvalue weighted by atomic mass is 16.3. The largest absolute Gasteiger partial charge is 0.387 e. The molecule has 0 aliphatic carbocycles. The molecule has 5 nitrogen and oxygen atoms in total. The number of aliphatic hydroxyl groups excluding tert-OH is 1. The van der Waals surface area contributed by atoms with Gasteiger partial charge in [0.05, 0.1) is 11.7 Å². The molecule has 0 spiro atoms. The molecule has 0 aliphatic heterocycles. The summed E-state index contributed by atoms with van der Waals surface area (Å²) in [6, 6.07) is 3.36. The Morgan fingerprint density at radius 2 is 2.38 bits per heavy atom. The highest BCUT2D eigenvalue weighted by Gasteiger charge is 2.08. The monoisotopic (exact) mass is 178 g/mol. The smallest absolute Gasteiger partial charge is 0.141 e. The van der Waals surface area contributed by atoms with Gasteiger partial charge in [0.1, 0.15) is 11.9 Å². The van der Waals surface area contributed by atoms with Gasteiger partial charge in [-0.25, -0.2) is 4.98 Å². The van der Waals surface area contributed by atoms with Crippen molar-refractivity contribution in [3.05, 3.63) is 23.4 Å². The van der Waals surface area contributed by atoms with Crippen LogP contribution in [0.3, 0.4) is 0 Å². The van der Waals surface area contributed by atoms with Crippen LogP contribution in [0, 0.1) is 11.3 Å². The molecule has 1 heterocycles. The number of nitrogens with two attached hydrogens (primary N) is 2. The number of nitriles is 1. The van der Waals surface area contributed by atoms with E-state index in [1.807, 2.05) is 6.07 Å². The molecule has 0 saturated carbocycles. The molecule has 1 aromatic heterocycles. The molecule has 5 N–H and O–H groups in total. The summed E-state index contributed by atoms with van der Waals surface area (Å²) in [5.74, 6) is 0.162. The van der Waals surface area contributed by atoms with E-state index in [9.17, 15) is 5.11 Å². The van der Waals surface area contributed by atoms with Gasteiger partial charge in [0.2, 0.25) is 0 Å². The SMILES string of the molecule is N#Cc1cc(C(O)CN)cnc1N. The zero-order valence-corrected chi connectivity index (χ0v) is 6.94. The van der Waals surface area contributed by atoms with Crippen molar-refractivity contribution >= 4 is 5.82 Å². The number of hydrogen-bond donors (Lipinski definition) is 3. The molecule has 13 heavy (non-hydrogen) atoms. The lowest BCUT2D eigenvalue weighted by atomic mass is 10.1. The third-order valence-corrected chi connectivity index (χ3v) is 1.67. The number of rotatable bonds is 2. The van der Waals surface area contributed by atoms with Crippen LogP contribution in [0.15, 0.2) is 12.3 Å². The van der Waals surface area contributed by atoms with Crippen LogP contribution in [0.5, 0.6) is 0 Å². The number of hydrogen-bond acceptors (Lipinski definition) is 5. The summed E-state index contributed by atoms with van der Waals surface area (Å²) in [4.78, 5) is 3.76. The highest BCUT2D eigenvalue weighted by molar-refractivity contribution is 5.49. The minimum Gasteiger partial charge on any atom is -0.387 e. The number of aromatic nitrogens is 1. The Morgan fingerprint density at radius 1 is 1.69 bits per heavy atom. The van der Waals surface area contributed by atoms with Crippen molar-refractivity contribution in [2.24, 2.45) is 5.73 Å². The quantitative estimate of drug-likeness (QED) is 0.567. The van der Waals surface area contributed by atoms with E-state index in [0.29, 0.717) is 5.56 Å². The van der Waals surface area contributed by atoms with Gasteiger partial charge in [-0.05, 0) is 6.07 Å². The molecule has 5 heteroatoms. The molecule has 1 atom stereocenters. The van der Waals surface area contributed by atoms with Gasteiger partial charge < -0.3 is 16.6 Å². The second-order valence-corrected chi connectivity index (χ2v) is 2.56. The van der Waals surface area contributed by atoms with Crippen LogP contribution < -0.4 is 11.5 Å². The maximum Gasteiger partial charge on any atom is 0.141 e. The Kier molecular flexibility index (Phi) is 2.80. The van der Waals surface area contributed by atoms with Gasteiger partial charge >= 0.3 is 0 Å². The summed E-state index contributed by atoms with van der Waals surface area (Å²) >= 11 is 0. The Hall–Kier alpha value is -1.64. The Balaban J connectivity index is 3.08. The summed E-state index contributed by atoms with van der Waals surface area (Å²) < 4.78 is 0. The summed E-state index contributed by atoms with van der Waals surface area (Å²) in [6.07, 6.45) is 0.619. The minimum atomic E-state index is -0.791. The van der Waals surface area contributed by atoms with E-state index in [-0.39, 0.29) is 17.9 Å². The molecule has 1 rings (SSSR count). The van der Waals surface area contributed by atoms with E-state index in [4.69, 9.17) is 16.7 Å². The first kappa shape index (κ1) is 9.45. The van der Waals surface area contributed by atoms with Crippen LogP contribution in [-0.2, 0) is 0 Å². The fraction of sp³-hybridized carbons (Fsp3) is 0.250. The van der Waals surface area contributed by atoms with Gasteiger partial charge in [0.25, 0.3) is 0 Å². The molecular formula is C8H10N4O. The molecule has 0 aliphatic rings. The van der Waals surface area contributed by atoms with Crippen molar-refractivity contribution in [1.82, 2.24) is 4.98 Å². The average Bonchev–Trinajstić information content (AvgIpc) is 2.17. The lowest BCUT2D eigenvalue weighted by molar-refractivity contribution is 0.186. The fourth-order valence-electron chi connectivity index (χ4n) is 0.899. The zero-order valence-electron chi connectivity index (χ0n) is 6.94. The normalized spacial score (nSPS) is 12.1. The van der Waals surface area contributed by atoms with Gasteiger partial charge in [0.15, 0.2) is 0 Å². The zero-order chi connectivity index (χ0) is 9.84. The molecule has 68 valence electrons. The van der Waals surface area contributed by atoms with Gasteiger partial charge in [-0.15, -0.1) is 0 Å². The van der Waals surface area contributed by atoms with Crippen LogP contribution in [-0.4, -0.2) is 16.6 Å². The van der Waals surface area contributed by atoms with Crippen LogP contribution in [0.2, 0.25) is 0 Å². The van der Waals surface area contributed by atoms with E-state index < -0.39 is 6.10 Å². The molecule has 1 aromatic rings. The first-order valence-corrected chi connectivity index (χ1v) is 3.72. The third-order valence-electron chi connectivity index (χ3n) is 1.67. The molecule has 0 aromatic carbocycles. The average molecular weight is 178 g/mol. The van der Waals surface area contributed by atoms with Crippen molar-refractivity contribution in [3.63, 3.8) is 0 Å². The molecule has 0 fully saturated rings. The second kappa shape index (κ2) is 3.85. The first-order valence-electron chi connectivity index (χ1n) is 3.72. The van der Waals surface area contributed by atoms with Crippen LogP contribution in [0.1, 0.15) is 17.2 Å². The van der Waals surface area contributed by atoms with Crippen molar-refractivity contribution < 1.29 is 5.11 Å². The van der Waals surface area contributed by atoms with Gasteiger partial charge in [-0.3, -0.25) is 0 Å². The molecule has 0 amide bonds. The number of anilines is 1. The minimum absolute atomic E-state index is 0.0937. The van der Waals surface area contributed by atoms with Gasteiger partial charge in [-0.2, -0.15) is 5.26 Å². The lowest BCUT2D eigenvalue weighted by Crippen LogP contribution is -2.12. The fourth-order valence-corrected chi connectivity index (χ4v) is 0.899. The lowest BCUT2D eigenvalue weighted by Gasteiger charge is -2.07. The Morgan fingerprint density at radius 3 is 2.92 bits per heavy atom. The molecule has 1 unspecified atom stereocenters. The topological polar surface area (TPSA) is 109 Å².